The maximum atomic E-state index is 12.7. The lowest BCUT2D eigenvalue weighted by atomic mass is 10.1. The summed E-state index contributed by atoms with van der Waals surface area (Å²) >= 11 is 1.35. The van der Waals surface area contributed by atoms with E-state index in [0.29, 0.717) is 23.7 Å². The zero-order valence-electron chi connectivity index (χ0n) is 17.1. The van der Waals surface area contributed by atoms with Crippen molar-refractivity contribution >= 4 is 39.9 Å². The zero-order chi connectivity index (χ0) is 21.8. The van der Waals surface area contributed by atoms with E-state index in [9.17, 15) is 14.4 Å². The van der Waals surface area contributed by atoms with Gasteiger partial charge in [-0.3, -0.25) is 19.7 Å². The fourth-order valence-corrected chi connectivity index (χ4v) is 4.18. The van der Waals surface area contributed by atoms with Crippen LogP contribution in [0.15, 0.2) is 53.9 Å². The number of thiazole rings is 1. The van der Waals surface area contributed by atoms with Gasteiger partial charge in [-0.25, -0.2) is 4.98 Å². The van der Waals surface area contributed by atoms with Crippen LogP contribution in [0.25, 0.3) is 11.3 Å². The lowest BCUT2D eigenvalue weighted by Crippen LogP contribution is -2.24. The number of rotatable bonds is 6. The molecule has 0 radical (unpaired) electrons. The Morgan fingerprint density at radius 3 is 2.65 bits per heavy atom. The molecule has 0 atom stereocenters. The molecular weight excluding hydrogens is 412 g/mol. The van der Waals surface area contributed by atoms with Gasteiger partial charge >= 0.3 is 0 Å². The minimum atomic E-state index is -0.239. The molecule has 3 amide bonds. The summed E-state index contributed by atoms with van der Waals surface area (Å²) in [5.74, 6) is -0.200. The van der Waals surface area contributed by atoms with Crippen molar-refractivity contribution in [3.05, 3.63) is 65.0 Å². The van der Waals surface area contributed by atoms with Crippen molar-refractivity contribution in [3.8, 4) is 11.3 Å². The highest BCUT2D eigenvalue weighted by Crippen LogP contribution is 2.26. The van der Waals surface area contributed by atoms with E-state index in [1.54, 1.807) is 6.07 Å². The third kappa shape index (κ3) is 5.16. The molecule has 0 saturated carbocycles. The van der Waals surface area contributed by atoms with E-state index in [4.69, 9.17) is 0 Å². The lowest BCUT2D eigenvalue weighted by molar-refractivity contribution is -0.128. The van der Waals surface area contributed by atoms with Crippen molar-refractivity contribution in [1.82, 2.24) is 9.88 Å². The third-order valence-electron chi connectivity index (χ3n) is 4.96. The number of likely N-dealkylation sites (tertiary alicyclic amines) is 1. The van der Waals surface area contributed by atoms with Crippen LogP contribution in [0.3, 0.4) is 0 Å². The number of nitrogens with one attached hydrogen (secondary N) is 2. The number of hydrogen-bond acceptors (Lipinski definition) is 5. The summed E-state index contributed by atoms with van der Waals surface area (Å²) < 4.78 is 0. The molecular formula is C23H22N4O3S. The predicted octanol–water partition coefficient (Wildman–Crippen LogP) is 4.14. The minimum absolute atomic E-state index is 0.123. The zero-order valence-corrected chi connectivity index (χ0v) is 17.9. The van der Waals surface area contributed by atoms with Crippen molar-refractivity contribution < 1.29 is 14.4 Å². The molecule has 1 fully saturated rings. The average Bonchev–Trinajstić information content (AvgIpc) is 3.38. The molecule has 1 aliphatic rings. The number of aromatic nitrogens is 1. The van der Waals surface area contributed by atoms with Crippen LogP contribution in [0.4, 0.5) is 10.8 Å². The highest BCUT2D eigenvalue weighted by Gasteiger charge is 2.20. The molecule has 2 heterocycles. The van der Waals surface area contributed by atoms with Crippen LogP contribution in [-0.2, 0) is 16.1 Å². The smallest absolute Gasteiger partial charge is 0.257 e. The average molecular weight is 435 g/mol. The van der Waals surface area contributed by atoms with Crippen molar-refractivity contribution in [3.63, 3.8) is 0 Å². The molecule has 31 heavy (non-hydrogen) atoms. The number of benzene rings is 2. The Hall–Kier alpha value is -3.52. The Labute approximate surface area is 184 Å². The summed E-state index contributed by atoms with van der Waals surface area (Å²) in [6, 6.07) is 14.7. The Balaban J connectivity index is 1.41. The van der Waals surface area contributed by atoms with Gasteiger partial charge in [-0.1, -0.05) is 24.3 Å². The van der Waals surface area contributed by atoms with E-state index >= 15 is 0 Å². The van der Waals surface area contributed by atoms with Gasteiger partial charge in [0.2, 0.25) is 11.8 Å². The second-order valence-corrected chi connectivity index (χ2v) is 8.23. The third-order valence-corrected chi connectivity index (χ3v) is 5.72. The van der Waals surface area contributed by atoms with Crippen molar-refractivity contribution in [2.75, 3.05) is 17.2 Å². The van der Waals surface area contributed by atoms with Gasteiger partial charge in [0.1, 0.15) is 0 Å². The minimum Gasteiger partial charge on any atom is -0.338 e. The summed E-state index contributed by atoms with van der Waals surface area (Å²) in [5, 5.41) is 7.95. The highest BCUT2D eigenvalue weighted by atomic mass is 32.1. The summed E-state index contributed by atoms with van der Waals surface area (Å²) in [5.41, 5.74) is 3.82. The second-order valence-electron chi connectivity index (χ2n) is 7.37. The normalized spacial score (nSPS) is 13.3. The number of carbonyl (C=O) groups is 3. The molecule has 158 valence electrons. The largest absolute Gasteiger partial charge is 0.338 e. The molecule has 0 bridgehead atoms. The van der Waals surface area contributed by atoms with E-state index in [2.05, 4.69) is 15.6 Å². The quantitative estimate of drug-likeness (QED) is 0.610. The number of anilines is 2. The van der Waals surface area contributed by atoms with Crippen LogP contribution in [0.1, 0.15) is 35.7 Å². The van der Waals surface area contributed by atoms with E-state index in [1.807, 2.05) is 52.7 Å². The van der Waals surface area contributed by atoms with Crippen LogP contribution in [0, 0.1) is 0 Å². The van der Waals surface area contributed by atoms with Crippen LogP contribution in [-0.4, -0.2) is 34.2 Å². The van der Waals surface area contributed by atoms with E-state index in [-0.39, 0.29) is 17.7 Å². The Morgan fingerprint density at radius 2 is 1.94 bits per heavy atom. The van der Waals surface area contributed by atoms with Gasteiger partial charge in [-0.05, 0) is 36.2 Å². The fourth-order valence-electron chi connectivity index (χ4n) is 3.46. The van der Waals surface area contributed by atoms with Crippen molar-refractivity contribution in [2.45, 2.75) is 26.3 Å². The molecule has 1 aromatic heterocycles. The van der Waals surface area contributed by atoms with Gasteiger partial charge in [0.25, 0.3) is 5.91 Å². The van der Waals surface area contributed by atoms with Gasteiger partial charge in [0.15, 0.2) is 5.13 Å². The van der Waals surface area contributed by atoms with Crippen LogP contribution in [0.5, 0.6) is 0 Å². The monoisotopic (exact) mass is 434 g/mol. The van der Waals surface area contributed by atoms with Crippen LogP contribution >= 0.6 is 11.3 Å². The lowest BCUT2D eigenvalue weighted by Gasteiger charge is -2.15. The number of hydrogen-bond donors (Lipinski definition) is 2. The first-order valence-corrected chi connectivity index (χ1v) is 10.9. The number of amides is 3. The first-order valence-electron chi connectivity index (χ1n) is 9.99. The molecule has 2 N–H and O–H groups in total. The summed E-state index contributed by atoms with van der Waals surface area (Å²) in [6.07, 6.45) is 1.49. The molecule has 0 unspecified atom stereocenters. The first-order chi connectivity index (χ1) is 15.0. The van der Waals surface area contributed by atoms with E-state index in [1.165, 1.54) is 18.3 Å². The highest BCUT2D eigenvalue weighted by molar-refractivity contribution is 7.14. The van der Waals surface area contributed by atoms with E-state index < -0.39 is 0 Å². The van der Waals surface area contributed by atoms with Crippen molar-refractivity contribution in [2.24, 2.45) is 0 Å². The molecule has 8 heteroatoms. The van der Waals surface area contributed by atoms with Crippen LogP contribution < -0.4 is 10.6 Å². The molecule has 7 nitrogen and oxygen atoms in total. The molecule has 3 aromatic rings. The number of nitrogens with zero attached hydrogens (tertiary/aromatic N) is 2. The summed E-state index contributed by atoms with van der Waals surface area (Å²) in [4.78, 5) is 42.0. The fraction of sp³-hybridized carbons (Fsp3) is 0.217. The van der Waals surface area contributed by atoms with E-state index in [0.717, 1.165) is 35.5 Å². The Kier molecular flexibility index (Phi) is 6.08. The molecule has 0 spiro atoms. The van der Waals surface area contributed by atoms with Gasteiger partial charge in [-0.15, -0.1) is 11.3 Å². The predicted molar refractivity (Wildman–Crippen MR) is 121 cm³/mol. The summed E-state index contributed by atoms with van der Waals surface area (Å²) in [6.45, 7) is 2.75. The molecule has 2 aromatic carbocycles. The van der Waals surface area contributed by atoms with Gasteiger partial charge in [0.05, 0.1) is 5.69 Å². The number of carbonyl (C=O) groups excluding carboxylic acids is 3. The Bertz CT molecular complexity index is 1120. The first kappa shape index (κ1) is 20.7. The molecule has 0 aliphatic carbocycles. The molecule has 1 saturated heterocycles. The van der Waals surface area contributed by atoms with Gasteiger partial charge in [-0.2, -0.15) is 0 Å². The molecule has 4 rings (SSSR count). The second kappa shape index (κ2) is 9.09. The van der Waals surface area contributed by atoms with Crippen molar-refractivity contribution in [1.29, 1.82) is 0 Å². The standard InChI is InChI=1S/C23H22N4O3S/c1-15(28)24-19-9-7-17(8-10-19)20-14-31-23(25-20)26-22(30)18-5-2-4-16(12-18)13-27-11-3-6-21(27)29/h2,4-5,7-10,12,14H,3,6,11,13H2,1H3,(H,24,28)(H,25,26,30). The molecule has 1 aliphatic heterocycles. The van der Waals surface area contributed by atoms with Gasteiger partial charge in [0, 0.05) is 48.6 Å². The Morgan fingerprint density at radius 1 is 1.13 bits per heavy atom. The van der Waals surface area contributed by atoms with Gasteiger partial charge < -0.3 is 10.2 Å². The topological polar surface area (TPSA) is 91.4 Å². The maximum absolute atomic E-state index is 12.7. The van der Waals surface area contributed by atoms with Crippen LogP contribution in [0.2, 0.25) is 0 Å². The summed E-state index contributed by atoms with van der Waals surface area (Å²) in [7, 11) is 0. The SMILES string of the molecule is CC(=O)Nc1ccc(-c2csc(NC(=O)c3cccc(CN4CCCC4=O)c3)n2)cc1. The maximum Gasteiger partial charge on any atom is 0.257 e.